The van der Waals surface area contributed by atoms with Gasteiger partial charge in [-0.25, -0.2) is 0 Å². The van der Waals surface area contributed by atoms with Crippen LogP contribution in [0.4, 0.5) is 0 Å². The Morgan fingerprint density at radius 3 is 2.26 bits per heavy atom. The molecule has 0 unspecified atom stereocenters. The van der Waals surface area contributed by atoms with E-state index in [2.05, 4.69) is 5.32 Å². The van der Waals surface area contributed by atoms with Crippen LogP contribution >= 0.6 is 0 Å². The molecule has 1 N–H and O–H groups in total. The number of hydrogen-bond acceptors (Lipinski definition) is 4. The van der Waals surface area contributed by atoms with Gasteiger partial charge in [0.25, 0.3) is 10.2 Å². The molecule has 0 aromatic heterocycles. The molecule has 1 rings (SSSR count). The zero-order valence-corrected chi connectivity index (χ0v) is 13.1. The molecule has 6 nitrogen and oxygen atoms in total. The summed E-state index contributed by atoms with van der Waals surface area (Å²) in [7, 11) is 1.55. The molecule has 1 saturated carbocycles. The minimum atomic E-state index is -3.32. The first-order chi connectivity index (χ1) is 8.98. The van der Waals surface area contributed by atoms with Crippen LogP contribution in [0.3, 0.4) is 0 Å². The number of nitrogens with one attached hydrogen (secondary N) is 1. The molecule has 0 amide bonds. The second-order valence-corrected chi connectivity index (χ2v) is 7.22. The molecule has 0 aromatic rings. The SMILES string of the molecule is COCCCN(C)S(=O)(=O)N(C)CCCNC1CC1. The molecular weight excluding hydrogens is 266 g/mol. The molecule has 0 aliphatic heterocycles. The molecule has 0 heterocycles. The molecule has 0 radical (unpaired) electrons. The maximum Gasteiger partial charge on any atom is 0.281 e. The molecule has 0 bridgehead atoms. The lowest BCUT2D eigenvalue weighted by molar-refractivity contribution is 0.188. The van der Waals surface area contributed by atoms with Crippen LogP contribution in [0.15, 0.2) is 0 Å². The van der Waals surface area contributed by atoms with Gasteiger partial charge in [0.1, 0.15) is 0 Å². The number of rotatable bonds is 11. The van der Waals surface area contributed by atoms with Crippen molar-refractivity contribution in [2.45, 2.75) is 31.7 Å². The van der Waals surface area contributed by atoms with Crippen LogP contribution in [0.1, 0.15) is 25.7 Å². The van der Waals surface area contributed by atoms with Gasteiger partial charge in [-0.1, -0.05) is 0 Å². The minimum absolute atomic E-state index is 0.487. The maximum atomic E-state index is 12.2. The lowest BCUT2D eigenvalue weighted by atomic mass is 10.4. The summed E-state index contributed by atoms with van der Waals surface area (Å²) < 4.78 is 32.1. The molecule has 0 aromatic carbocycles. The summed E-state index contributed by atoms with van der Waals surface area (Å²) in [6, 6.07) is 0.679. The van der Waals surface area contributed by atoms with Gasteiger partial charge in [0.2, 0.25) is 0 Å². The molecule has 1 fully saturated rings. The summed E-state index contributed by atoms with van der Waals surface area (Å²) in [4.78, 5) is 0. The predicted molar refractivity (Wildman–Crippen MR) is 76.3 cm³/mol. The first-order valence-electron chi connectivity index (χ1n) is 6.88. The van der Waals surface area contributed by atoms with Gasteiger partial charge in [-0.05, 0) is 32.2 Å². The van der Waals surface area contributed by atoms with E-state index in [4.69, 9.17) is 4.74 Å². The monoisotopic (exact) mass is 293 g/mol. The Bertz CT molecular complexity index is 344. The van der Waals surface area contributed by atoms with Gasteiger partial charge in [0.05, 0.1) is 0 Å². The largest absolute Gasteiger partial charge is 0.385 e. The summed E-state index contributed by atoms with van der Waals surface area (Å²) in [6.07, 6.45) is 4.08. The summed E-state index contributed by atoms with van der Waals surface area (Å²) in [5, 5.41) is 3.38. The van der Waals surface area contributed by atoms with Crippen LogP contribution in [0.25, 0.3) is 0 Å². The average molecular weight is 293 g/mol. The molecule has 1 aliphatic carbocycles. The minimum Gasteiger partial charge on any atom is -0.385 e. The highest BCUT2D eigenvalue weighted by molar-refractivity contribution is 7.86. The van der Waals surface area contributed by atoms with Crippen molar-refractivity contribution in [1.82, 2.24) is 13.9 Å². The third kappa shape index (κ3) is 6.18. The van der Waals surface area contributed by atoms with E-state index in [-0.39, 0.29) is 0 Å². The standard InChI is InChI=1S/C12H27N3O3S/c1-14(9-4-8-13-12-6-7-12)19(16,17)15(2)10-5-11-18-3/h12-13H,4-11H2,1-3H3. The third-order valence-electron chi connectivity index (χ3n) is 3.27. The number of ether oxygens (including phenoxy) is 1. The molecule has 1 aliphatic rings. The van der Waals surface area contributed by atoms with E-state index in [0.717, 1.165) is 13.0 Å². The Labute approximate surface area is 117 Å². The van der Waals surface area contributed by atoms with E-state index in [1.165, 1.54) is 21.5 Å². The molecule has 0 saturated heterocycles. The third-order valence-corrected chi connectivity index (χ3v) is 5.21. The highest BCUT2D eigenvalue weighted by Gasteiger charge is 2.23. The Hall–Kier alpha value is -0.210. The average Bonchev–Trinajstić information content (AvgIpc) is 3.18. The lowest BCUT2D eigenvalue weighted by Crippen LogP contribution is -2.41. The quantitative estimate of drug-likeness (QED) is 0.556. The van der Waals surface area contributed by atoms with E-state index in [9.17, 15) is 8.42 Å². The van der Waals surface area contributed by atoms with Crippen LogP contribution in [0.5, 0.6) is 0 Å². The van der Waals surface area contributed by atoms with E-state index >= 15 is 0 Å². The normalized spacial score (nSPS) is 16.5. The van der Waals surface area contributed by atoms with Crippen molar-refractivity contribution in [3.8, 4) is 0 Å². The highest BCUT2D eigenvalue weighted by atomic mass is 32.2. The molecule has 0 atom stereocenters. The van der Waals surface area contributed by atoms with Gasteiger partial charge in [-0.15, -0.1) is 0 Å². The van der Waals surface area contributed by atoms with Crippen molar-refractivity contribution in [2.75, 3.05) is 47.4 Å². The zero-order chi connectivity index (χ0) is 14.3. The van der Waals surface area contributed by atoms with Crippen molar-refractivity contribution in [1.29, 1.82) is 0 Å². The summed E-state index contributed by atoms with van der Waals surface area (Å²) in [5.41, 5.74) is 0. The van der Waals surface area contributed by atoms with Gasteiger partial charge in [0, 0.05) is 46.9 Å². The van der Waals surface area contributed by atoms with Crippen molar-refractivity contribution in [3.05, 3.63) is 0 Å². The van der Waals surface area contributed by atoms with Gasteiger partial charge in [-0.3, -0.25) is 0 Å². The van der Waals surface area contributed by atoms with Crippen molar-refractivity contribution in [2.24, 2.45) is 0 Å². The summed E-state index contributed by atoms with van der Waals surface area (Å²) >= 11 is 0. The second kappa shape index (κ2) is 8.16. The van der Waals surface area contributed by atoms with E-state index in [0.29, 0.717) is 32.2 Å². The van der Waals surface area contributed by atoms with Crippen LogP contribution < -0.4 is 5.32 Å². The van der Waals surface area contributed by atoms with Crippen molar-refractivity contribution >= 4 is 10.2 Å². The van der Waals surface area contributed by atoms with Crippen molar-refractivity contribution < 1.29 is 13.2 Å². The second-order valence-electron chi connectivity index (χ2n) is 5.08. The fraction of sp³-hybridized carbons (Fsp3) is 1.00. The van der Waals surface area contributed by atoms with Crippen molar-refractivity contribution in [3.63, 3.8) is 0 Å². The van der Waals surface area contributed by atoms with Crippen LogP contribution in [0.2, 0.25) is 0 Å². The van der Waals surface area contributed by atoms with Gasteiger partial charge < -0.3 is 10.1 Å². The Morgan fingerprint density at radius 2 is 1.74 bits per heavy atom. The summed E-state index contributed by atoms with van der Waals surface area (Å²) in [5.74, 6) is 0. The van der Waals surface area contributed by atoms with Gasteiger partial charge in [0.15, 0.2) is 0 Å². The molecule has 19 heavy (non-hydrogen) atoms. The molecule has 0 spiro atoms. The van der Waals surface area contributed by atoms with E-state index < -0.39 is 10.2 Å². The summed E-state index contributed by atoms with van der Waals surface area (Å²) in [6.45, 7) is 2.50. The Balaban J connectivity index is 2.23. The molecule has 114 valence electrons. The van der Waals surface area contributed by atoms with Crippen LogP contribution in [0, 0.1) is 0 Å². The van der Waals surface area contributed by atoms with Crippen LogP contribution in [-0.2, 0) is 14.9 Å². The molecular formula is C12H27N3O3S. The highest BCUT2D eigenvalue weighted by Crippen LogP contribution is 2.18. The zero-order valence-electron chi connectivity index (χ0n) is 12.3. The Kier molecular flexibility index (Phi) is 7.23. The van der Waals surface area contributed by atoms with E-state index in [1.54, 1.807) is 21.2 Å². The smallest absolute Gasteiger partial charge is 0.281 e. The lowest BCUT2D eigenvalue weighted by Gasteiger charge is -2.24. The maximum absolute atomic E-state index is 12.2. The first-order valence-corrected chi connectivity index (χ1v) is 8.28. The topological polar surface area (TPSA) is 61.9 Å². The predicted octanol–water partition coefficient (Wildman–Crippen LogP) is 0.273. The Morgan fingerprint density at radius 1 is 1.16 bits per heavy atom. The number of methoxy groups -OCH3 is 1. The number of nitrogens with zero attached hydrogens (tertiary/aromatic N) is 2. The van der Waals surface area contributed by atoms with Gasteiger partial charge in [-0.2, -0.15) is 17.0 Å². The molecule has 7 heteroatoms. The van der Waals surface area contributed by atoms with Crippen LogP contribution in [-0.4, -0.2) is 70.5 Å². The fourth-order valence-electron chi connectivity index (χ4n) is 1.80. The fourth-order valence-corrected chi connectivity index (χ4v) is 2.99. The van der Waals surface area contributed by atoms with E-state index in [1.807, 2.05) is 0 Å². The first kappa shape index (κ1) is 16.8. The van der Waals surface area contributed by atoms with Gasteiger partial charge >= 0.3 is 0 Å². The number of hydrogen-bond donors (Lipinski definition) is 1.